The average Bonchev–Trinajstić information content (AvgIpc) is 3.13. The molecular formula is C33H37ClN2O4. The van der Waals surface area contributed by atoms with E-state index in [0.717, 1.165) is 33.3 Å². The van der Waals surface area contributed by atoms with Gasteiger partial charge < -0.3 is 19.7 Å². The third-order valence-corrected chi connectivity index (χ3v) is 7.79. The van der Waals surface area contributed by atoms with Crippen molar-refractivity contribution in [3.63, 3.8) is 0 Å². The maximum absolute atomic E-state index is 13.3. The van der Waals surface area contributed by atoms with Crippen molar-refractivity contribution < 1.29 is 19.4 Å². The highest BCUT2D eigenvalue weighted by Gasteiger charge is 2.19. The Balaban J connectivity index is 1.55. The van der Waals surface area contributed by atoms with Gasteiger partial charge in [-0.05, 0) is 85.7 Å². The number of carbonyl (C=O) groups is 2. The molecule has 0 bridgehead atoms. The van der Waals surface area contributed by atoms with E-state index in [0.29, 0.717) is 22.9 Å². The Kier molecular flexibility index (Phi) is 8.31. The molecule has 0 radical (unpaired) electrons. The molecule has 0 spiro atoms. The van der Waals surface area contributed by atoms with Crippen LogP contribution in [0.1, 0.15) is 79.0 Å². The van der Waals surface area contributed by atoms with Gasteiger partial charge in [0.1, 0.15) is 5.75 Å². The Hall–Kier alpha value is -3.77. The van der Waals surface area contributed by atoms with Gasteiger partial charge in [0.05, 0.1) is 11.1 Å². The van der Waals surface area contributed by atoms with Gasteiger partial charge in [-0.1, -0.05) is 62.7 Å². The largest absolute Gasteiger partial charge is 0.479 e. The first-order valence-corrected chi connectivity index (χ1v) is 13.8. The lowest BCUT2D eigenvalue weighted by molar-refractivity contribution is -0.144. The first-order valence-electron chi connectivity index (χ1n) is 13.4. The summed E-state index contributed by atoms with van der Waals surface area (Å²) in [5.41, 5.74) is 7.14. The van der Waals surface area contributed by atoms with E-state index in [1.807, 2.05) is 37.3 Å². The summed E-state index contributed by atoms with van der Waals surface area (Å²) in [5.74, 6) is -0.832. The Bertz CT molecular complexity index is 1580. The van der Waals surface area contributed by atoms with Gasteiger partial charge in [0.15, 0.2) is 6.10 Å². The van der Waals surface area contributed by atoms with Crippen LogP contribution in [0.2, 0.25) is 5.02 Å². The van der Waals surface area contributed by atoms with E-state index >= 15 is 0 Å². The molecule has 7 heteroatoms. The van der Waals surface area contributed by atoms with Crippen LogP contribution >= 0.6 is 11.6 Å². The van der Waals surface area contributed by atoms with Gasteiger partial charge in [-0.3, -0.25) is 4.79 Å². The normalized spacial score (nSPS) is 13.2. The number of carbonyl (C=O) groups excluding carboxylic acids is 1. The maximum Gasteiger partial charge on any atom is 0.344 e. The van der Waals surface area contributed by atoms with Gasteiger partial charge in [0, 0.05) is 28.7 Å². The van der Waals surface area contributed by atoms with E-state index in [-0.39, 0.29) is 17.4 Å². The number of rotatable bonds is 8. The van der Waals surface area contributed by atoms with Crippen LogP contribution in [0.5, 0.6) is 5.75 Å². The van der Waals surface area contributed by atoms with Crippen molar-refractivity contribution in [3.8, 4) is 5.75 Å². The molecule has 3 aromatic carbocycles. The smallest absolute Gasteiger partial charge is 0.344 e. The summed E-state index contributed by atoms with van der Waals surface area (Å²) < 4.78 is 7.64. The van der Waals surface area contributed by atoms with Crippen molar-refractivity contribution in [2.75, 3.05) is 0 Å². The Labute approximate surface area is 240 Å². The number of carboxylic acids is 1. The zero-order valence-electron chi connectivity index (χ0n) is 24.1. The van der Waals surface area contributed by atoms with Crippen LogP contribution in [0.4, 0.5) is 0 Å². The predicted molar refractivity (Wildman–Crippen MR) is 161 cm³/mol. The van der Waals surface area contributed by atoms with E-state index in [9.17, 15) is 9.59 Å². The number of aromatic nitrogens is 1. The molecule has 1 aromatic heterocycles. The van der Waals surface area contributed by atoms with E-state index in [1.165, 1.54) is 12.5 Å². The highest BCUT2D eigenvalue weighted by molar-refractivity contribution is 6.32. The number of amides is 1. The Morgan fingerprint density at radius 3 is 2.40 bits per heavy atom. The fourth-order valence-electron chi connectivity index (χ4n) is 4.79. The van der Waals surface area contributed by atoms with Crippen LogP contribution in [0, 0.1) is 13.8 Å². The van der Waals surface area contributed by atoms with Crippen molar-refractivity contribution in [1.82, 2.24) is 9.88 Å². The van der Waals surface area contributed by atoms with Crippen LogP contribution in [0.15, 0.2) is 60.7 Å². The summed E-state index contributed by atoms with van der Waals surface area (Å²) >= 11 is 6.41. The Morgan fingerprint density at radius 1 is 1.02 bits per heavy atom. The number of hydrogen-bond donors (Lipinski definition) is 2. The number of aliphatic carboxylic acids is 1. The monoisotopic (exact) mass is 560 g/mol. The molecule has 0 unspecified atom stereocenters. The first kappa shape index (κ1) is 29.2. The van der Waals surface area contributed by atoms with Crippen molar-refractivity contribution in [2.24, 2.45) is 0 Å². The minimum Gasteiger partial charge on any atom is -0.479 e. The quantitative estimate of drug-likeness (QED) is 0.232. The maximum atomic E-state index is 13.3. The van der Waals surface area contributed by atoms with Crippen molar-refractivity contribution >= 4 is 34.4 Å². The SMILES string of the molecule is Cc1c(C)n(Cc2ccc(O[C@@H](C)C(=O)O)c(Cl)c2)c2ccc(C(=O)N[C@@H](C)c3cccc(C(C)(C)C)c3)cc12. The summed E-state index contributed by atoms with van der Waals surface area (Å²) in [6.45, 7) is 14.7. The molecule has 4 aromatic rings. The molecule has 2 N–H and O–H groups in total. The second-order valence-electron chi connectivity index (χ2n) is 11.5. The second-order valence-corrected chi connectivity index (χ2v) is 11.9. The number of nitrogens with zero attached hydrogens (tertiary/aromatic N) is 1. The summed E-state index contributed by atoms with van der Waals surface area (Å²) in [6.07, 6.45) is -0.996. The number of nitrogens with one attached hydrogen (secondary N) is 1. The minimum absolute atomic E-state index is 0.0351. The van der Waals surface area contributed by atoms with E-state index < -0.39 is 12.1 Å². The molecule has 40 heavy (non-hydrogen) atoms. The lowest BCUT2D eigenvalue weighted by atomic mass is 9.85. The standard InChI is InChI=1S/C33H37ClN2O4/c1-19-21(3)36(18-23-11-14-30(28(34)15-23)40-22(4)32(38)39)29-13-12-25(17-27(19)29)31(37)35-20(2)24-9-8-10-26(16-24)33(5,6)7/h8-17,20,22H,18H2,1-7H3,(H,35,37)(H,38,39)/t20-,22-/m0/s1. The molecule has 1 heterocycles. The third kappa shape index (κ3) is 6.18. The highest BCUT2D eigenvalue weighted by Crippen LogP contribution is 2.31. The second kappa shape index (κ2) is 11.4. The molecule has 0 aliphatic heterocycles. The van der Waals surface area contributed by atoms with Gasteiger partial charge in [-0.15, -0.1) is 0 Å². The molecular weight excluding hydrogens is 524 g/mol. The van der Waals surface area contributed by atoms with Crippen LogP contribution in [0.25, 0.3) is 10.9 Å². The number of aryl methyl sites for hydroxylation is 1. The number of carboxylic acid groups (broad SMARTS) is 1. The van der Waals surface area contributed by atoms with E-state index in [2.05, 4.69) is 62.7 Å². The topological polar surface area (TPSA) is 80.6 Å². The number of hydrogen-bond acceptors (Lipinski definition) is 3. The van der Waals surface area contributed by atoms with E-state index in [4.69, 9.17) is 21.4 Å². The minimum atomic E-state index is -1.05. The molecule has 2 atom stereocenters. The van der Waals surface area contributed by atoms with Crippen LogP contribution in [-0.2, 0) is 16.8 Å². The summed E-state index contributed by atoms with van der Waals surface area (Å²) in [7, 11) is 0. The molecule has 0 saturated carbocycles. The van der Waals surface area contributed by atoms with Gasteiger partial charge in [-0.25, -0.2) is 4.79 Å². The number of fused-ring (bicyclic) bond motifs is 1. The van der Waals surface area contributed by atoms with E-state index in [1.54, 1.807) is 12.1 Å². The zero-order chi connectivity index (χ0) is 29.4. The van der Waals surface area contributed by atoms with Gasteiger partial charge >= 0.3 is 5.97 Å². The summed E-state index contributed by atoms with van der Waals surface area (Å²) in [5, 5.41) is 13.6. The lowest BCUT2D eigenvalue weighted by Gasteiger charge is -2.22. The summed E-state index contributed by atoms with van der Waals surface area (Å²) in [6, 6.07) is 19.4. The summed E-state index contributed by atoms with van der Waals surface area (Å²) in [4.78, 5) is 24.4. The van der Waals surface area contributed by atoms with Gasteiger partial charge in [0.25, 0.3) is 5.91 Å². The molecule has 1 amide bonds. The average molecular weight is 561 g/mol. The van der Waals surface area contributed by atoms with Crippen molar-refractivity contribution in [2.45, 2.75) is 72.6 Å². The van der Waals surface area contributed by atoms with Crippen LogP contribution < -0.4 is 10.1 Å². The highest BCUT2D eigenvalue weighted by atomic mass is 35.5. The fraction of sp³-hybridized carbons (Fsp3) is 0.333. The van der Waals surface area contributed by atoms with Crippen molar-refractivity contribution in [3.05, 3.63) is 99.2 Å². The molecule has 0 saturated heterocycles. The van der Waals surface area contributed by atoms with Crippen molar-refractivity contribution in [1.29, 1.82) is 0 Å². The lowest BCUT2D eigenvalue weighted by Crippen LogP contribution is -2.27. The zero-order valence-corrected chi connectivity index (χ0v) is 24.9. The Morgan fingerprint density at radius 2 is 1.75 bits per heavy atom. The third-order valence-electron chi connectivity index (χ3n) is 7.49. The first-order chi connectivity index (χ1) is 18.8. The van der Waals surface area contributed by atoms with Gasteiger partial charge in [0.2, 0.25) is 0 Å². The molecule has 0 fully saturated rings. The predicted octanol–water partition coefficient (Wildman–Crippen LogP) is 7.60. The molecule has 210 valence electrons. The number of halogens is 1. The molecule has 4 rings (SSSR count). The molecule has 6 nitrogen and oxygen atoms in total. The number of benzene rings is 3. The fourth-order valence-corrected chi connectivity index (χ4v) is 5.04. The van der Waals surface area contributed by atoms with Crippen LogP contribution in [0.3, 0.4) is 0 Å². The molecule has 0 aliphatic carbocycles. The molecule has 0 aliphatic rings. The van der Waals surface area contributed by atoms with Gasteiger partial charge in [-0.2, -0.15) is 0 Å². The van der Waals surface area contributed by atoms with Crippen LogP contribution in [-0.4, -0.2) is 27.7 Å². The number of ether oxygens (including phenoxy) is 1.